The largest absolute Gasteiger partial charge is 0.491 e. The maximum atomic E-state index is 13.8. The van der Waals surface area contributed by atoms with Crippen LogP contribution in [0.3, 0.4) is 0 Å². The van der Waals surface area contributed by atoms with Crippen molar-refractivity contribution in [2.24, 2.45) is 0 Å². The zero-order valence-electron chi connectivity index (χ0n) is 13.6. The van der Waals surface area contributed by atoms with Crippen LogP contribution in [0.5, 0.6) is 5.75 Å². The maximum absolute atomic E-state index is 13.8. The molecule has 2 aromatic carbocycles. The lowest BCUT2D eigenvalue weighted by Crippen LogP contribution is -2.41. The van der Waals surface area contributed by atoms with Crippen molar-refractivity contribution in [1.29, 1.82) is 0 Å². The van der Waals surface area contributed by atoms with Crippen LogP contribution in [0.4, 0.5) is 13.2 Å². The molecule has 2 aromatic rings. The minimum Gasteiger partial charge on any atom is -0.491 e. The molecule has 1 unspecified atom stereocenters. The van der Waals surface area contributed by atoms with E-state index in [0.717, 1.165) is 0 Å². The maximum Gasteiger partial charge on any atom is 0.425 e. The molecule has 1 fully saturated rings. The summed E-state index contributed by atoms with van der Waals surface area (Å²) in [5.41, 5.74) is -2.79. The zero-order valence-corrected chi connectivity index (χ0v) is 13.6. The molecule has 26 heavy (non-hydrogen) atoms. The van der Waals surface area contributed by atoms with Gasteiger partial charge in [-0.2, -0.15) is 13.2 Å². The predicted octanol–water partition coefficient (Wildman–Crippen LogP) is 3.12. The van der Waals surface area contributed by atoms with E-state index in [4.69, 9.17) is 4.74 Å². The van der Waals surface area contributed by atoms with Crippen molar-refractivity contribution in [3.8, 4) is 16.9 Å². The molecule has 1 aliphatic heterocycles. The van der Waals surface area contributed by atoms with E-state index in [1.807, 2.05) is 0 Å². The highest BCUT2D eigenvalue weighted by molar-refractivity contribution is 5.81. The molecule has 2 aliphatic rings. The SMILES string of the molecule is O=C1CC[C@H](COc2ccc3c(c2)C(O)(C(F)(F)F)c2ccccc2-3)N1. The molecular weight excluding hydrogens is 347 g/mol. The molecule has 0 bridgehead atoms. The number of benzene rings is 2. The van der Waals surface area contributed by atoms with Gasteiger partial charge in [0.25, 0.3) is 0 Å². The smallest absolute Gasteiger partial charge is 0.425 e. The van der Waals surface area contributed by atoms with Crippen LogP contribution in [-0.4, -0.2) is 29.8 Å². The summed E-state index contributed by atoms with van der Waals surface area (Å²) < 4.78 is 46.9. The van der Waals surface area contributed by atoms with Gasteiger partial charge in [0.2, 0.25) is 11.5 Å². The lowest BCUT2D eigenvalue weighted by atomic mass is 9.90. The van der Waals surface area contributed by atoms with Crippen LogP contribution in [0.2, 0.25) is 0 Å². The lowest BCUT2D eigenvalue weighted by molar-refractivity contribution is -0.246. The van der Waals surface area contributed by atoms with E-state index in [9.17, 15) is 23.1 Å². The molecular formula is C19H16F3NO3. The third kappa shape index (κ3) is 2.46. The molecule has 2 atom stereocenters. The topological polar surface area (TPSA) is 58.6 Å². The molecule has 0 aromatic heterocycles. The molecule has 7 heteroatoms. The average Bonchev–Trinajstić information content (AvgIpc) is 3.13. The minimum absolute atomic E-state index is 0.0607. The van der Waals surface area contributed by atoms with Crippen molar-refractivity contribution in [1.82, 2.24) is 5.32 Å². The molecule has 136 valence electrons. The first-order valence-corrected chi connectivity index (χ1v) is 8.26. The third-order valence-corrected chi connectivity index (χ3v) is 4.93. The van der Waals surface area contributed by atoms with Crippen molar-refractivity contribution < 1.29 is 27.8 Å². The quantitative estimate of drug-likeness (QED) is 0.881. The van der Waals surface area contributed by atoms with Crippen LogP contribution in [0.15, 0.2) is 42.5 Å². The number of rotatable bonds is 3. The number of carbonyl (C=O) groups excluding carboxylic acids is 1. The highest BCUT2D eigenvalue weighted by Gasteiger charge is 2.60. The van der Waals surface area contributed by atoms with Gasteiger partial charge in [-0.25, -0.2) is 0 Å². The number of nitrogens with one attached hydrogen (secondary N) is 1. The summed E-state index contributed by atoms with van der Waals surface area (Å²) in [5.74, 6) is 0.162. The van der Waals surface area contributed by atoms with Gasteiger partial charge in [0.05, 0.1) is 6.04 Å². The van der Waals surface area contributed by atoms with Gasteiger partial charge < -0.3 is 15.2 Å². The number of hydrogen-bond acceptors (Lipinski definition) is 3. The Labute approximate surface area is 147 Å². The molecule has 0 saturated carbocycles. The van der Waals surface area contributed by atoms with Crippen LogP contribution >= 0.6 is 0 Å². The van der Waals surface area contributed by atoms with Crippen LogP contribution in [0.25, 0.3) is 11.1 Å². The number of aliphatic hydroxyl groups is 1. The Bertz CT molecular complexity index is 881. The van der Waals surface area contributed by atoms with Crippen molar-refractivity contribution in [2.75, 3.05) is 6.61 Å². The van der Waals surface area contributed by atoms with Gasteiger partial charge in [-0.3, -0.25) is 4.79 Å². The lowest BCUT2D eigenvalue weighted by Gasteiger charge is -2.28. The number of fused-ring (bicyclic) bond motifs is 3. The molecule has 0 radical (unpaired) electrons. The molecule has 1 heterocycles. The third-order valence-electron chi connectivity index (χ3n) is 4.93. The van der Waals surface area contributed by atoms with E-state index in [0.29, 0.717) is 24.0 Å². The second-order valence-electron chi connectivity index (χ2n) is 6.58. The Hall–Kier alpha value is -2.54. The predicted molar refractivity (Wildman–Crippen MR) is 87.6 cm³/mol. The fourth-order valence-corrected chi connectivity index (χ4v) is 3.63. The first-order chi connectivity index (χ1) is 12.3. The Morgan fingerprint density at radius 2 is 1.88 bits per heavy atom. The number of hydrogen-bond donors (Lipinski definition) is 2. The normalized spacial score (nSPS) is 24.2. The molecule has 1 amide bonds. The van der Waals surface area contributed by atoms with E-state index >= 15 is 0 Å². The number of ether oxygens (including phenoxy) is 1. The number of alkyl halides is 3. The standard InChI is InChI=1S/C19H16F3NO3/c20-19(21,22)18(25)15-4-2-1-3-13(15)14-7-6-12(9-16(14)18)26-10-11-5-8-17(24)23-11/h1-4,6-7,9,11,25H,5,8,10H2,(H,23,24)/t11-,18?/m1/s1. The molecule has 1 saturated heterocycles. The first kappa shape index (κ1) is 16.9. The fraction of sp³-hybridized carbons (Fsp3) is 0.316. The van der Waals surface area contributed by atoms with Crippen molar-refractivity contribution in [3.05, 3.63) is 53.6 Å². The summed E-state index contributed by atoms with van der Waals surface area (Å²) in [5, 5.41) is 13.4. The minimum atomic E-state index is -4.87. The second kappa shape index (κ2) is 5.74. The Morgan fingerprint density at radius 1 is 1.15 bits per heavy atom. The summed E-state index contributed by atoms with van der Waals surface area (Å²) in [4.78, 5) is 11.2. The average molecular weight is 363 g/mol. The Kier molecular flexibility index (Phi) is 3.73. The number of amides is 1. The van der Waals surface area contributed by atoms with Crippen LogP contribution in [0.1, 0.15) is 24.0 Å². The highest BCUT2D eigenvalue weighted by Crippen LogP contribution is 2.55. The van der Waals surface area contributed by atoms with E-state index < -0.39 is 11.8 Å². The first-order valence-electron chi connectivity index (χ1n) is 8.26. The number of halogens is 3. The van der Waals surface area contributed by atoms with Gasteiger partial charge in [0, 0.05) is 17.5 Å². The van der Waals surface area contributed by atoms with Gasteiger partial charge >= 0.3 is 6.18 Å². The Balaban J connectivity index is 1.69. The van der Waals surface area contributed by atoms with Crippen molar-refractivity contribution in [3.63, 3.8) is 0 Å². The summed E-state index contributed by atoms with van der Waals surface area (Å²) in [6.45, 7) is 0.169. The molecule has 4 rings (SSSR count). The van der Waals surface area contributed by atoms with Gasteiger partial charge in [-0.15, -0.1) is 0 Å². The van der Waals surface area contributed by atoms with E-state index in [-0.39, 0.29) is 35.4 Å². The highest BCUT2D eigenvalue weighted by atomic mass is 19.4. The van der Waals surface area contributed by atoms with Crippen LogP contribution in [-0.2, 0) is 10.4 Å². The molecule has 2 N–H and O–H groups in total. The second-order valence-corrected chi connectivity index (χ2v) is 6.58. The van der Waals surface area contributed by atoms with Gasteiger partial charge in [0.1, 0.15) is 12.4 Å². The summed E-state index contributed by atoms with van der Waals surface area (Å²) >= 11 is 0. The van der Waals surface area contributed by atoms with Crippen molar-refractivity contribution in [2.45, 2.75) is 30.7 Å². The van der Waals surface area contributed by atoms with Gasteiger partial charge in [-0.1, -0.05) is 30.3 Å². The monoisotopic (exact) mass is 363 g/mol. The van der Waals surface area contributed by atoms with Gasteiger partial charge in [0.15, 0.2) is 0 Å². The van der Waals surface area contributed by atoms with Crippen LogP contribution in [0, 0.1) is 0 Å². The fourth-order valence-electron chi connectivity index (χ4n) is 3.63. The van der Waals surface area contributed by atoms with E-state index in [2.05, 4.69) is 5.32 Å². The van der Waals surface area contributed by atoms with E-state index in [1.54, 1.807) is 18.2 Å². The number of carbonyl (C=O) groups is 1. The molecule has 1 aliphatic carbocycles. The van der Waals surface area contributed by atoms with Gasteiger partial charge in [-0.05, 0) is 29.7 Å². The van der Waals surface area contributed by atoms with Crippen LogP contribution < -0.4 is 10.1 Å². The van der Waals surface area contributed by atoms with E-state index in [1.165, 1.54) is 24.3 Å². The summed E-state index contributed by atoms with van der Waals surface area (Å²) in [7, 11) is 0. The van der Waals surface area contributed by atoms with Crippen molar-refractivity contribution >= 4 is 5.91 Å². The summed E-state index contributed by atoms with van der Waals surface area (Å²) in [6, 6.07) is 10.1. The molecule has 0 spiro atoms. The molecule has 4 nitrogen and oxygen atoms in total. The Morgan fingerprint density at radius 3 is 2.58 bits per heavy atom. The summed E-state index contributed by atoms with van der Waals surface area (Å²) in [6.07, 6.45) is -3.82. The zero-order chi connectivity index (χ0) is 18.5.